The van der Waals surface area contributed by atoms with Crippen LogP contribution in [0.4, 0.5) is 0 Å². The summed E-state index contributed by atoms with van der Waals surface area (Å²) in [6.07, 6.45) is 0. The molecular weight excluding hydrogens is 359 g/mol. The van der Waals surface area contributed by atoms with Crippen molar-refractivity contribution in [2.75, 3.05) is 0 Å². The van der Waals surface area contributed by atoms with Gasteiger partial charge in [0.15, 0.2) is 5.78 Å². The van der Waals surface area contributed by atoms with Crippen molar-refractivity contribution in [1.82, 2.24) is 0 Å². The van der Waals surface area contributed by atoms with Crippen LogP contribution in [0, 0.1) is 6.92 Å². The number of carboxylic acids is 2. The Morgan fingerprint density at radius 1 is 0.833 bits per heavy atom. The van der Waals surface area contributed by atoms with Crippen LogP contribution in [0.1, 0.15) is 42.2 Å². The number of hydrogen-bond donors (Lipinski definition) is 3. The molecule has 0 bridgehead atoms. The normalized spacial score (nSPS) is 10.5. The molecule has 8 heteroatoms. The number of rotatable bonds is 4. The van der Waals surface area contributed by atoms with Gasteiger partial charge in [0.25, 0.3) is 0 Å². The SMILES string of the molecule is Cc1c(Cl)cc(C(=O)c2cc(Cl)c(O)c(C(=O)O)c2)cc1C(=O)O. The quantitative estimate of drug-likeness (QED) is 0.710. The molecule has 2 aromatic carbocycles. The number of aromatic hydroxyl groups is 1. The molecule has 0 radical (unpaired) electrons. The fourth-order valence-corrected chi connectivity index (χ4v) is 2.53. The zero-order chi connectivity index (χ0) is 18.2. The molecule has 124 valence electrons. The van der Waals surface area contributed by atoms with Crippen molar-refractivity contribution in [1.29, 1.82) is 0 Å². The molecule has 0 aliphatic heterocycles. The van der Waals surface area contributed by atoms with Gasteiger partial charge in [0.1, 0.15) is 11.3 Å². The first-order valence-corrected chi connectivity index (χ1v) is 7.23. The van der Waals surface area contributed by atoms with Gasteiger partial charge in [-0.3, -0.25) is 4.79 Å². The Balaban J connectivity index is 2.62. The molecular formula is C16H10Cl2O6. The van der Waals surface area contributed by atoms with Gasteiger partial charge in [-0.15, -0.1) is 0 Å². The molecule has 2 aromatic rings. The summed E-state index contributed by atoms with van der Waals surface area (Å²) in [7, 11) is 0. The van der Waals surface area contributed by atoms with Gasteiger partial charge in [0, 0.05) is 16.1 Å². The highest BCUT2D eigenvalue weighted by atomic mass is 35.5. The van der Waals surface area contributed by atoms with Gasteiger partial charge in [-0.1, -0.05) is 23.2 Å². The first kappa shape index (κ1) is 17.8. The summed E-state index contributed by atoms with van der Waals surface area (Å²) in [6, 6.07) is 4.49. The fourth-order valence-electron chi connectivity index (χ4n) is 2.09. The van der Waals surface area contributed by atoms with E-state index in [1.165, 1.54) is 13.0 Å². The fraction of sp³-hybridized carbons (Fsp3) is 0.0625. The third-order valence-corrected chi connectivity index (χ3v) is 4.07. The lowest BCUT2D eigenvalue weighted by Crippen LogP contribution is -2.08. The number of ketones is 1. The number of carboxylic acid groups (broad SMARTS) is 2. The number of phenols is 1. The molecule has 0 saturated carbocycles. The van der Waals surface area contributed by atoms with E-state index < -0.39 is 29.0 Å². The standard InChI is InChI=1S/C16H10Cl2O6/c1-6-9(15(21)22)2-7(4-11(6)17)13(19)8-3-10(16(23)24)14(20)12(18)5-8/h2-5,20H,1H3,(H,21,22)(H,23,24). The molecule has 6 nitrogen and oxygen atoms in total. The van der Waals surface area contributed by atoms with Crippen molar-refractivity contribution < 1.29 is 29.7 Å². The van der Waals surface area contributed by atoms with E-state index in [0.717, 1.165) is 18.2 Å². The second-order valence-electron chi connectivity index (χ2n) is 4.92. The second-order valence-corrected chi connectivity index (χ2v) is 5.74. The Bertz CT molecular complexity index is 817. The second kappa shape index (κ2) is 6.51. The van der Waals surface area contributed by atoms with Crippen LogP contribution in [0.25, 0.3) is 0 Å². The summed E-state index contributed by atoms with van der Waals surface area (Å²) in [4.78, 5) is 34.9. The van der Waals surface area contributed by atoms with Crippen LogP contribution in [0.5, 0.6) is 5.75 Å². The zero-order valence-electron chi connectivity index (χ0n) is 12.1. The molecule has 0 heterocycles. The van der Waals surface area contributed by atoms with Crippen LogP contribution >= 0.6 is 23.2 Å². The minimum Gasteiger partial charge on any atom is -0.505 e. The van der Waals surface area contributed by atoms with E-state index in [1.807, 2.05) is 0 Å². The van der Waals surface area contributed by atoms with Crippen LogP contribution in [-0.4, -0.2) is 33.0 Å². The van der Waals surface area contributed by atoms with Gasteiger partial charge in [0.05, 0.1) is 10.6 Å². The van der Waals surface area contributed by atoms with Gasteiger partial charge in [0.2, 0.25) is 0 Å². The topological polar surface area (TPSA) is 112 Å². The van der Waals surface area contributed by atoms with Crippen LogP contribution in [0.15, 0.2) is 24.3 Å². The molecule has 0 spiro atoms. The van der Waals surface area contributed by atoms with Crippen molar-refractivity contribution in [3.63, 3.8) is 0 Å². The molecule has 0 unspecified atom stereocenters. The van der Waals surface area contributed by atoms with Crippen LogP contribution < -0.4 is 0 Å². The Kier molecular flexibility index (Phi) is 4.82. The molecule has 3 N–H and O–H groups in total. The van der Waals surface area contributed by atoms with Crippen molar-refractivity contribution >= 4 is 40.9 Å². The summed E-state index contributed by atoms with van der Waals surface area (Å²) in [5, 5.41) is 27.6. The Morgan fingerprint density at radius 3 is 1.79 bits per heavy atom. The molecule has 0 saturated heterocycles. The highest BCUT2D eigenvalue weighted by Crippen LogP contribution is 2.31. The van der Waals surface area contributed by atoms with E-state index in [0.29, 0.717) is 5.56 Å². The molecule has 0 aromatic heterocycles. The number of benzene rings is 2. The smallest absolute Gasteiger partial charge is 0.339 e. The summed E-state index contributed by atoms with van der Waals surface area (Å²) in [5.41, 5.74) is -0.542. The van der Waals surface area contributed by atoms with E-state index in [2.05, 4.69) is 0 Å². The third kappa shape index (κ3) is 3.20. The lowest BCUT2D eigenvalue weighted by molar-refractivity contribution is 0.0683. The molecule has 2 rings (SSSR count). The van der Waals surface area contributed by atoms with Gasteiger partial charge >= 0.3 is 11.9 Å². The summed E-state index contributed by atoms with van der Waals surface area (Å²) in [5.74, 6) is -4.05. The minimum absolute atomic E-state index is 0.0407. The number of halogens is 2. The van der Waals surface area contributed by atoms with Crippen LogP contribution in [-0.2, 0) is 0 Å². The molecule has 24 heavy (non-hydrogen) atoms. The van der Waals surface area contributed by atoms with E-state index in [-0.39, 0.29) is 26.7 Å². The summed E-state index contributed by atoms with van der Waals surface area (Å²) >= 11 is 11.7. The Hall–Kier alpha value is -2.57. The number of carbonyl (C=O) groups is 3. The van der Waals surface area contributed by atoms with Gasteiger partial charge in [-0.05, 0) is 36.8 Å². The van der Waals surface area contributed by atoms with Crippen molar-refractivity contribution in [2.24, 2.45) is 0 Å². The van der Waals surface area contributed by atoms with Crippen LogP contribution in [0.3, 0.4) is 0 Å². The summed E-state index contributed by atoms with van der Waals surface area (Å²) in [6.45, 7) is 1.50. The highest BCUT2D eigenvalue weighted by Gasteiger charge is 2.21. The van der Waals surface area contributed by atoms with Gasteiger partial charge < -0.3 is 15.3 Å². The van der Waals surface area contributed by atoms with E-state index in [4.69, 9.17) is 33.4 Å². The average Bonchev–Trinajstić information content (AvgIpc) is 2.50. The molecule has 0 fully saturated rings. The Morgan fingerprint density at radius 2 is 1.29 bits per heavy atom. The Labute approximate surface area is 145 Å². The van der Waals surface area contributed by atoms with Crippen molar-refractivity contribution in [3.05, 3.63) is 62.1 Å². The monoisotopic (exact) mass is 368 g/mol. The van der Waals surface area contributed by atoms with E-state index in [1.54, 1.807) is 0 Å². The molecule has 0 amide bonds. The van der Waals surface area contributed by atoms with Gasteiger partial charge in [-0.2, -0.15) is 0 Å². The van der Waals surface area contributed by atoms with Crippen molar-refractivity contribution in [3.8, 4) is 5.75 Å². The lowest BCUT2D eigenvalue weighted by atomic mass is 9.97. The maximum Gasteiger partial charge on any atom is 0.339 e. The lowest BCUT2D eigenvalue weighted by Gasteiger charge is -2.09. The first-order valence-electron chi connectivity index (χ1n) is 6.47. The first-order chi connectivity index (χ1) is 11.1. The number of carbonyl (C=O) groups excluding carboxylic acids is 1. The van der Waals surface area contributed by atoms with Gasteiger partial charge in [-0.25, -0.2) is 9.59 Å². The maximum absolute atomic E-state index is 12.5. The molecule has 0 atom stereocenters. The molecule has 0 aliphatic rings. The third-order valence-electron chi connectivity index (χ3n) is 3.39. The zero-order valence-corrected chi connectivity index (χ0v) is 13.6. The molecule has 0 aliphatic carbocycles. The average molecular weight is 369 g/mol. The van der Waals surface area contributed by atoms with E-state index >= 15 is 0 Å². The van der Waals surface area contributed by atoms with Crippen molar-refractivity contribution in [2.45, 2.75) is 6.92 Å². The van der Waals surface area contributed by atoms with Crippen LogP contribution in [0.2, 0.25) is 10.0 Å². The number of aromatic carboxylic acids is 2. The largest absolute Gasteiger partial charge is 0.505 e. The summed E-state index contributed by atoms with van der Waals surface area (Å²) < 4.78 is 0. The van der Waals surface area contributed by atoms with E-state index in [9.17, 15) is 19.5 Å². The predicted octanol–water partition coefficient (Wildman–Crippen LogP) is 3.63. The predicted molar refractivity (Wildman–Crippen MR) is 86.7 cm³/mol. The maximum atomic E-state index is 12.5. The number of hydrogen-bond acceptors (Lipinski definition) is 4. The minimum atomic E-state index is -1.46. The highest BCUT2D eigenvalue weighted by molar-refractivity contribution is 6.34.